The van der Waals surface area contributed by atoms with Crippen LogP contribution in [0.3, 0.4) is 0 Å². The summed E-state index contributed by atoms with van der Waals surface area (Å²) in [6, 6.07) is 15.1. The van der Waals surface area contributed by atoms with Crippen molar-refractivity contribution in [1.29, 1.82) is 0 Å². The molecule has 0 aliphatic rings. The molecule has 0 radical (unpaired) electrons. The van der Waals surface area contributed by atoms with Gasteiger partial charge in [0.15, 0.2) is 0 Å². The van der Waals surface area contributed by atoms with Crippen LogP contribution in [0.2, 0.25) is 0 Å². The van der Waals surface area contributed by atoms with Crippen LogP contribution in [-0.4, -0.2) is 22.5 Å². The first-order valence-electron chi connectivity index (χ1n) is 9.50. The Labute approximate surface area is 170 Å². The Morgan fingerprint density at radius 3 is 2.48 bits per heavy atom. The lowest BCUT2D eigenvalue weighted by atomic mass is 10.1. The van der Waals surface area contributed by atoms with Gasteiger partial charge in [0.2, 0.25) is 11.9 Å². The lowest BCUT2D eigenvalue weighted by Gasteiger charge is -2.20. The molecule has 0 saturated carbocycles. The third-order valence-corrected chi connectivity index (χ3v) is 4.96. The summed E-state index contributed by atoms with van der Waals surface area (Å²) in [6.07, 6.45) is 0. The first-order valence-corrected chi connectivity index (χ1v) is 9.50. The summed E-state index contributed by atoms with van der Waals surface area (Å²) in [5.41, 5.74) is 5.30. The highest BCUT2D eigenvalue weighted by Crippen LogP contribution is 2.19. The molecule has 0 aliphatic carbocycles. The summed E-state index contributed by atoms with van der Waals surface area (Å²) in [5.74, 6) is 0.149. The van der Waals surface area contributed by atoms with Crippen LogP contribution in [0.25, 0.3) is 0 Å². The van der Waals surface area contributed by atoms with Gasteiger partial charge in [-0.3, -0.25) is 14.2 Å². The second-order valence-electron chi connectivity index (χ2n) is 7.36. The monoisotopic (exact) mass is 390 g/mol. The molecule has 150 valence electrons. The van der Waals surface area contributed by atoms with E-state index in [1.54, 1.807) is 18.9 Å². The van der Waals surface area contributed by atoms with Crippen molar-refractivity contribution in [3.8, 4) is 0 Å². The number of anilines is 3. The Bertz CT molecular complexity index is 1120. The highest BCUT2D eigenvalue weighted by molar-refractivity contribution is 5.92. The number of carbonyl (C=O) groups is 1. The van der Waals surface area contributed by atoms with Crippen LogP contribution in [0, 0.1) is 27.7 Å². The van der Waals surface area contributed by atoms with E-state index in [2.05, 4.69) is 10.3 Å². The van der Waals surface area contributed by atoms with Crippen LogP contribution in [0.5, 0.6) is 0 Å². The third kappa shape index (κ3) is 4.71. The second kappa shape index (κ2) is 8.31. The van der Waals surface area contributed by atoms with Crippen LogP contribution in [0.4, 0.5) is 17.3 Å². The maximum absolute atomic E-state index is 12.9. The van der Waals surface area contributed by atoms with Crippen LogP contribution < -0.4 is 15.8 Å². The summed E-state index contributed by atoms with van der Waals surface area (Å²) in [4.78, 5) is 31.5. The van der Waals surface area contributed by atoms with E-state index in [4.69, 9.17) is 0 Å². The summed E-state index contributed by atoms with van der Waals surface area (Å²) in [7, 11) is 1.71. The van der Waals surface area contributed by atoms with E-state index in [1.165, 1.54) is 16.2 Å². The Kier molecular flexibility index (Phi) is 5.82. The van der Waals surface area contributed by atoms with Gasteiger partial charge in [-0.2, -0.15) is 0 Å². The Morgan fingerprint density at radius 1 is 1.03 bits per heavy atom. The average Bonchev–Trinajstić information content (AvgIpc) is 2.66. The van der Waals surface area contributed by atoms with E-state index >= 15 is 0 Å². The number of carbonyl (C=O) groups excluding carboxylic acids is 1. The molecule has 1 amide bonds. The highest BCUT2D eigenvalue weighted by Gasteiger charge is 2.16. The molecule has 6 heteroatoms. The Balaban J connectivity index is 1.91. The van der Waals surface area contributed by atoms with Crippen molar-refractivity contribution in [2.75, 3.05) is 17.3 Å². The lowest BCUT2D eigenvalue weighted by Crippen LogP contribution is -2.35. The number of likely N-dealkylation sites (N-methyl/N-ethyl adjacent to an activating group) is 1. The molecule has 29 heavy (non-hydrogen) atoms. The van der Waals surface area contributed by atoms with Gasteiger partial charge >= 0.3 is 0 Å². The molecule has 0 aliphatic heterocycles. The minimum Gasteiger partial charge on any atom is -0.326 e. The van der Waals surface area contributed by atoms with E-state index in [0.29, 0.717) is 11.6 Å². The average molecular weight is 390 g/mol. The van der Waals surface area contributed by atoms with Crippen LogP contribution >= 0.6 is 0 Å². The smallest absolute Gasteiger partial charge is 0.255 e. The fraction of sp³-hybridized carbons (Fsp3) is 0.261. The van der Waals surface area contributed by atoms with Crippen molar-refractivity contribution in [3.63, 3.8) is 0 Å². The molecule has 1 aromatic heterocycles. The summed E-state index contributed by atoms with van der Waals surface area (Å²) in [6.45, 7) is 7.70. The molecule has 6 nitrogen and oxygen atoms in total. The van der Waals surface area contributed by atoms with E-state index in [0.717, 1.165) is 22.5 Å². The van der Waals surface area contributed by atoms with Gasteiger partial charge in [0.05, 0.1) is 0 Å². The molecule has 3 rings (SSSR count). The normalized spacial score (nSPS) is 10.7. The number of hydrogen-bond donors (Lipinski definition) is 1. The van der Waals surface area contributed by atoms with Gasteiger partial charge < -0.3 is 10.2 Å². The molecular weight excluding hydrogens is 364 g/mol. The van der Waals surface area contributed by atoms with Crippen molar-refractivity contribution in [3.05, 3.63) is 81.3 Å². The number of amides is 1. The first kappa shape index (κ1) is 20.3. The van der Waals surface area contributed by atoms with Crippen molar-refractivity contribution in [1.82, 2.24) is 9.55 Å². The summed E-state index contributed by atoms with van der Waals surface area (Å²) >= 11 is 0. The van der Waals surface area contributed by atoms with Gasteiger partial charge in [-0.1, -0.05) is 18.2 Å². The van der Waals surface area contributed by atoms with Gasteiger partial charge in [0, 0.05) is 30.2 Å². The Morgan fingerprint density at radius 2 is 1.79 bits per heavy atom. The number of hydrogen-bond acceptors (Lipinski definition) is 4. The van der Waals surface area contributed by atoms with Crippen molar-refractivity contribution >= 4 is 23.2 Å². The van der Waals surface area contributed by atoms with Crippen molar-refractivity contribution in [2.24, 2.45) is 0 Å². The number of aromatic nitrogens is 2. The summed E-state index contributed by atoms with van der Waals surface area (Å²) in [5, 5.41) is 3.20. The number of aryl methyl sites for hydroxylation is 4. The molecule has 0 bridgehead atoms. The van der Waals surface area contributed by atoms with E-state index in [-0.39, 0.29) is 18.0 Å². The fourth-order valence-corrected chi connectivity index (χ4v) is 3.04. The molecule has 0 saturated heterocycles. The standard InChI is InChI=1S/C23H26N4O2/c1-15-7-6-8-20(11-15)26(5)22(29)14-27-21(28)13-18(4)24-23(27)25-19-10-9-16(2)17(3)12-19/h6-13H,14H2,1-5H3,(H,24,25). The Hall–Kier alpha value is -3.41. The minimum absolute atomic E-state index is 0.107. The maximum Gasteiger partial charge on any atom is 0.255 e. The molecule has 0 unspecified atom stereocenters. The molecule has 0 atom stereocenters. The van der Waals surface area contributed by atoms with E-state index in [1.807, 2.05) is 63.2 Å². The van der Waals surface area contributed by atoms with Crippen LogP contribution in [0.15, 0.2) is 53.3 Å². The van der Waals surface area contributed by atoms with Crippen molar-refractivity contribution in [2.45, 2.75) is 34.2 Å². The third-order valence-electron chi connectivity index (χ3n) is 4.96. The minimum atomic E-state index is -0.269. The number of benzene rings is 2. The lowest BCUT2D eigenvalue weighted by molar-refractivity contribution is -0.118. The zero-order valence-electron chi connectivity index (χ0n) is 17.5. The van der Waals surface area contributed by atoms with E-state index in [9.17, 15) is 9.59 Å². The van der Waals surface area contributed by atoms with Crippen LogP contribution in [-0.2, 0) is 11.3 Å². The SMILES string of the molecule is Cc1cccc(N(C)C(=O)Cn2c(Nc3ccc(C)c(C)c3)nc(C)cc2=O)c1. The van der Waals surface area contributed by atoms with Gasteiger partial charge in [-0.05, 0) is 68.7 Å². The van der Waals surface area contributed by atoms with Gasteiger partial charge in [0.1, 0.15) is 6.54 Å². The number of nitrogens with one attached hydrogen (secondary N) is 1. The molecule has 0 spiro atoms. The quantitative estimate of drug-likeness (QED) is 0.718. The van der Waals surface area contributed by atoms with Gasteiger partial charge in [-0.25, -0.2) is 4.98 Å². The molecule has 3 aromatic rings. The zero-order chi connectivity index (χ0) is 21.1. The van der Waals surface area contributed by atoms with Crippen molar-refractivity contribution < 1.29 is 4.79 Å². The topological polar surface area (TPSA) is 67.2 Å². The highest BCUT2D eigenvalue weighted by atomic mass is 16.2. The van der Waals surface area contributed by atoms with Crippen LogP contribution in [0.1, 0.15) is 22.4 Å². The first-order chi connectivity index (χ1) is 13.7. The summed E-state index contributed by atoms with van der Waals surface area (Å²) < 4.78 is 1.37. The number of rotatable bonds is 5. The van der Waals surface area contributed by atoms with Gasteiger partial charge in [-0.15, -0.1) is 0 Å². The zero-order valence-corrected chi connectivity index (χ0v) is 17.5. The molecule has 1 heterocycles. The molecule has 1 N–H and O–H groups in total. The number of nitrogens with zero attached hydrogens (tertiary/aromatic N) is 3. The second-order valence-corrected chi connectivity index (χ2v) is 7.36. The predicted molar refractivity (Wildman–Crippen MR) is 117 cm³/mol. The predicted octanol–water partition coefficient (Wildman–Crippen LogP) is 3.88. The fourth-order valence-electron chi connectivity index (χ4n) is 3.04. The van der Waals surface area contributed by atoms with E-state index < -0.39 is 0 Å². The molecule has 0 fully saturated rings. The maximum atomic E-state index is 12.9. The molecule has 2 aromatic carbocycles. The molecular formula is C23H26N4O2. The van der Waals surface area contributed by atoms with Gasteiger partial charge in [0.25, 0.3) is 5.56 Å². The largest absolute Gasteiger partial charge is 0.326 e.